The second kappa shape index (κ2) is 4.07. The Labute approximate surface area is 69.2 Å². The number of aliphatic hydroxyl groups is 1. The molecule has 2 nitrogen and oxygen atoms in total. The van der Waals surface area contributed by atoms with Crippen molar-refractivity contribution in [2.75, 3.05) is 13.2 Å². The van der Waals surface area contributed by atoms with Crippen LogP contribution in [0.5, 0.6) is 0 Å². The standard InChI is InChI=1S/C9H19NO/c1-3-9(7-11)10-6-4-5-8(10)2/h8-9,11H,3-7H2,1-2H3. The molecule has 0 saturated carbocycles. The third-order valence-electron chi connectivity index (χ3n) is 2.76. The molecule has 1 saturated heterocycles. The molecular weight excluding hydrogens is 138 g/mol. The predicted molar refractivity (Wildman–Crippen MR) is 46.6 cm³/mol. The van der Waals surface area contributed by atoms with Gasteiger partial charge in [-0.3, -0.25) is 4.90 Å². The van der Waals surface area contributed by atoms with Crippen LogP contribution in [0.1, 0.15) is 33.1 Å². The predicted octanol–water partition coefficient (Wildman–Crippen LogP) is 1.24. The Balaban J connectivity index is 2.43. The van der Waals surface area contributed by atoms with Gasteiger partial charge in [0.15, 0.2) is 0 Å². The summed E-state index contributed by atoms with van der Waals surface area (Å²) in [6, 6.07) is 1.10. The van der Waals surface area contributed by atoms with E-state index in [4.69, 9.17) is 5.11 Å². The van der Waals surface area contributed by atoms with Gasteiger partial charge in [0.25, 0.3) is 0 Å². The van der Waals surface area contributed by atoms with Gasteiger partial charge in [0.1, 0.15) is 0 Å². The largest absolute Gasteiger partial charge is 0.395 e. The van der Waals surface area contributed by atoms with E-state index >= 15 is 0 Å². The van der Waals surface area contributed by atoms with E-state index < -0.39 is 0 Å². The highest BCUT2D eigenvalue weighted by Crippen LogP contribution is 2.20. The van der Waals surface area contributed by atoms with Gasteiger partial charge in [-0.2, -0.15) is 0 Å². The fraction of sp³-hybridized carbons (Fsp3) is 1.00. The lowest BCUT2D eigenvalue weighted by Crippen LogP contribution is -2.39. The van der Waals surface area contributed by atoms with Crippen molar-refractivity contribution >= 4 is 0 Å². The molecule has 2 atom stereocenters. The second-order valence-electron chi connectivity index (χ2n) is 3.47. The molecule has 1 aliphatic rings. The average Bonchev–Trinajstić information content (AvgIpc) is 2.40. The van der Waals surface area contributed by atoms with E-state index in [9.17, 15) is 0 Å². The molecule has 0 radical (unpaired) electrons. The van der Waals surface area contributed by atoms with Gasteiger partial charge in [-0.05, 0) is 32.7 Å². The molecule has 0 amide bonds. The van der Waals surface area contributed by atoms with Crippen molar-refractivity contribution in [1.82, 2.24) is 4.90 Å². The van der Waals surface area contributed by atoms with Gasteiger partial charge >= 0.3 is 0 Å². The van der Waals surface area contributed by atoms with Crippen LogP contribution in [0.4, 0.5) is 0 Å². The summed E-state index contributed by atoms with van der Waals surface area (Å²) in [5.74, 6) is 0. The number of hydrogen-bond donors (Lipinski definition) is 1. The van der Waals surface area contributed by atoms with E-state index in [2.05, 4.69) is 18.7 Å². The zero-order valence-electron chi connectivity index (χ0n) is 7.58. The number of aliphatic hydroxyl groups excluding tert-OH is 1. The van der Waals surface area contributed by atoms with E-state index in [-0.39, 0.29) is 0 Å². The Morgan fingerprint density at radius 3 is 2.73 bits per heavy atom. The first-order valence-electron chi connectivity index (χ1n) is 4.66. The maximum atomic E-state index is 9.06. The molecule has 1 rings (SSSR count). The van der Waals surface area contributed by atoms with Gasteiger partial charge in [-0.15, -0.1) is 0 Å². The Bertz CT molecular complexity index is 112. The highest BCUT2D eigenvalue weighted by molar-refractivity contribution is 4.80. The minimum absolute atomic E-state index is 0.320. The molecule has 0 aromatic heterocycles. The van der Waals surface area contributed by atoms with Crippen molar-refractivity contribution in [3.05, 3.63) is 0 Å². The van der Waals surface area contributed by atoms with Gasteiger partial charge in [0.05, 0.1) is 6.61 Å². The molecule has 1 fully saturated rings. The van der Waals surface area contributed by atoms with Crippen LogP contribution in [0.15, 0.2) is 0 Å². The van der Waals surface area contributed by atoms with Crippen LogP contribution >= 0.6 is 0 Å². The number of nitrogens with zero attached hydrogens (tertiary/aromatic N) is 1. The van der Waals surface area contributed by atoms with Crippen LogP contribution in [0.3, 0.4) is 0 Å². The number of hydrogen-bond acceptors (Lipinski definition) is 2. The van der Waals surface area contributed by atoms with E-state index in [0.29, 0.717) is 18.7 Å². The average molecular weight is 157 g/mol. The summed E-state index contributed by atoms with van der Waals surface area (Å²) < 4.78 is 0. The summed E-state index contributed by atoms with van der Waals surface area (Å²) in [6.45, 7) is 5.90. The first-order chi connectivity index (χ1) is 5.29. The highest BCUT2D eigenvalue weighted by Gasteiger charge is 2.25. The molecule has 0 aliphatic carbocycles. The Morgan fingerprint density at radius 1 is 1.64 bits per heavy atom. The highest BCUT2D eigenvalue weighted by atomic mass is 16.3. The molecule has 1 aliphatic heterocycles. The van der Waals surface area contributed by atoms with Gasteiger partial charge in [-0.1, -0.05) is 6.92 Å². The molecule has 1 N–H and O–H groups in total. The van der Waals surface area contributed by atoms with Crippen LogP contribution in [0.25, 0.3) is 0 Å². The lowest BCUT2D eigenvalue weighted by atomic mass is 10.2. The maximum absolute atomic E-state index is 9.06. The molecule has 0 spiro atoms. The summed E-state index contributed by atoms with van der Waals surface area (Å²) in [7, 11) is 0. The first kappa shape index (κ1) is 9.01. The molecule has 2 heteroatoms. The molecular formula is C9H19NO. The summed E-state index contributed by atoms with van der Waals surface area (Å²) in [5, 5.41) is 9.06. The molecule has 0 aromatic carbocycles. The van der Waals surface area contributed by atoms with Gasteiger partial charge in [0.2, 0.25) is 0 Å². The van der Waals surface area contributed by atoms with Crippen molar-refractivity contribution in [2.45, 2.75) is 45.2 Å². The molecule has 66 valence electrons. The van der Waals surface area contributed by atoms with Gasteiger partial charge in [0, 0.05) is 12.1 Å². The van der Waals surface area contributed by atoms with E-state index in [1.807, 2.05) is 0 Å². The Kier molecular flexibility index (Phi) is 3.34. The maximum Gasteiger partial charge on any atom is 0.0586 e. The van der Waals surface area contributed by atoms with Crippen LogP contribution in [-0.2, 0) is 0 Å². The zero-order chi connectivity index (χ0) is 8.27. The minimum Gasteiger partial charge on any atom is -0.395 e. The Morgan fingerprint density at radius 2 is 2.36 bits per heavy atom. The van der Waals surface area contributed by atoms with Crippen molar-refractivity contribution in [1.29, 1.82) is 0 Å². The second-order valence-corrected chi connectivity index (χ2v) is 3.47. The van der Waals surface area contributed by atoms with E-state index in [1.165, 1.54) is 19.4 Å². The lowest BCUT2D eigenvalue weighted by molar-refractivity contribution is 0.115. The molecule has 0 aromatic rings. The summed E-state index contributed by atoms with van der Waals surface area (Å²) >= 11 is 0. The fourth-order valence-electron chi connectivity index (χ4n) is 1.97. The van der Waals surface area contributed by atoms with Crippen molar-refractivity contribution in [3.8, 4) is 0 Å². The summed E-state index contributed by atoms with van der Waals surface area (Å²) in [4.78, 5) is 2.43. The summed E-state index contributed by atoms with van der Waals surface area (Å²) in [6.07, 6.45) is 3.68. The van der Waals surface area contributed by atoms with Crippen LogP contribution in [0.2, 0.25) is 0 Å². The van der Waals surface area contributed by atoms with Crippen molar-refractivity contribution in [3.63, 3.8) is 0 Å². The topological polar surface area (TPSA) is 23.5 Å². The fourth-order valence-corrected chi connectivity index (χ4v) is 1.97. The van der Waals surface area contributed by atoms with Crippen molar-refractivity contribution in [2.24, 2.45) is 0 Å². The van der Waals surface area contributed by atoms with Crippen LogP contribution in [-0.4, -0.2) is 35.2 Å². The van der Waals surface area contributed by atoms with Crippen molar-refractivity contribution < 1.29 is 5.11 Å². The van der Waals surface area contributed by atoms with Gasteiger partial charge < -0.3 is 5.11 Å². The monoisotopic (exact) mass is 157 g/mol. The normalized spacial score (nSPS) is 29.2. The lowest BCUT2D eigenvalue weighted by Gasteiger charge is -2.28. The first-order valence-corrected chi connectivity index (χ1v) is 4.66. The molecule has 0 bridgehead atoms. The molecule has 11 heavy (non-hydrogen) atoms. The van der Waals surface area contributed by atoms with E-state index in [1.54, 1.807) is 0 Å². The minimum atomic E-state index is 0.320. The third-order valence-corrected chi connectivity index (χ3v) is 2.76. The quantitative estimate of drug-likeness (QED) is 0.666. The smallest absolute Gasteiger partial charge is 0.0586 e. The third kappa shape index (κ3) is 1.94. The number of likely N-dealkylation sites (tertiary alicyclic amines) is 1. The Hall–Kier alpha value is -0.0800. The molecule has 2 unspecified atom stereocenters. The van der Waals surface area contributed by atoms with Crippen LogP contribution < -0.4 is 0 Å². The zero-order valence-corrected chi connectivity index (χ0v) is 7.58. The van der Waals surface area contributed by atoms with Gasteiger partial charge in [-0.25, -0.2) is 0 Å². The number of rotatable bonds is 3. The summed E-state index contributed by atoms with van der Waals surface area (Å²) in [5.41, 5.74) is 0. The van der Waals surface area contributed by atoms with E-state index in [0.717, 1.165) is 6.42 Å². The molecule has 1 heterocycles. The van der Waals surface area contributed by atoms with Crippen LogP contribution in [0, 0.1) is 0 Å². The SMILES string of the molecule is CCC(CO)N1CCCC1C.